The molecule has 1 unspecified atom stereocenters. The van der Waals surface area contributed by atoms with Crippen molar-refractivity contribution in [1.29, 1.82) is 0 Å². The molecule has 2 amide bonds. The third kappa shape index (κ3) is 3.62. The van der Waals surface area contributed by atoms with Crippen LogP contribution < -0.4 is 11.1 Å². The molecule has 0 saturated heterocycles. The van der Waals surface area contributed by atoms with Gasteiger partial charge in [0.25, 0.3) is 5.91 Å². The number of carboxylic acid groups (broad SMARTS) is 1. The van der Waals surface area contributed by atoms with Crippen LogP contribution in [0.3, 0.4) is 0 Å². The molecule has 98 valence electrons. The lowest BCUT2D eigenvalue weighted by atomic mass is 10.1. The molecule has 0 radical (unpaired) electrons. The number of primary amides is 1. The number of furan rings is 1. The number of carboxylic acids is 1. The molecule has 0 bridgehead atoms. The minimum absolute atomic E-state index is 0.0483. The summed E-state index contributed by atoms with van der Waals surface area (Å²) in [6.45, 7) is 1.59. The maximum absolute atomic E-state index is 11.7. The Bertz CT molecular complexity index is 466. The predicted octanol–water partition coefficient (Wildman–Crippen LogP) is 0.0365. The molecule has 0 aliphatic rings. The monoisotopic (exact) mass is 254 g/mol. The van der Waals surface area contributed by atoms with E-state index in [-0.39, 0.29) is 18.4 Å². The van der Waals surface area contributed by atoms with Crippen LogP contribution in [0.15, 0.2) is 16.7 Å². The van der Waals surface area contributed by atoms with E-state index in [2.05, 4.69) is 5.32 Å². The minimum Gasteiger partial charge on any atom is -0.480 e. The smallest absolute Gasteiger partial charge is 0.326 e. The van der Waals surface area contributed by atoms with Crippen LogP contribution in [0.25, 0.3) is 0 Å². The average molecular weight is 254 g/mol. The summed E-state index contributed by atoms with van der Waals surface area (Å²) in [5.41, 5.74) is 5.20. The second-order valence-electron chi connectivity index (χ2n) is 3.76. The van der Waals surface area contributed by atoms with Gasteiger partial charge < -0.3 is 20.6 Å². The highest BCUT2D eigenvalue weighted by Crippen LogP contribution is 2.09. The van der Waals surface area contributed by atoms with Crippen LogP contribution in [0.5, 0.6) is 0 Å². The highest BCUT2D eigenvalue weighted by atomic mass is 16.4. The molecule has 0 spiro atoms. The van der Waals surface area contributed by atoms with Crippen LogP contribution in [-0.2, 0) is 9.59 Å². The van der Waals surface area contributed by atoms with E-state index >= 15 is 0 Å². The number of amides is 2. The van der Waals surface area contributed by atoms with Gasteiger partial charge in [0.15, 0.2) is 0 Å². The Hall–Kier alpha value is -2.31. The first-order chi connectivity index (χ1) is 8.41. The molecule has 18 heavy (non-hydrogen) atoms. The summed E-state index contributed by atoms with van der Waals surface area (Å²) in [5, 5.41) is 11.2. The first-order valence-electron chi connectivity index (χ1n) is 5.28. The highest BCUT2D eigenvalue weighted by Gasteiger charge is 2.22. The molecule has 0 aliphatic heterocycles. The molecule has 0 fully saturated rings. The molecule has 0 aliphatic carbocycles. The Kier molecular flexibility index (Phi) is 4.47. The minimum atomic E-state index is -1.22. The van der Waals surface area contributed by atoms with Gasteiger partial charge in [-0.2, -0.15) is 0 Å². The van der Waals surface area contributed by atoms with Gasteiger partial charge in [-0.05, 0) is 19.4 Å². The Morgan fingerprint density at radius 3 is 2.61 bits per heavy atom. The maximum atomic E-state index is 11.7. The van der Waals surface area contributed by atoms with Crippen molar-refractivity contribution in [2.75, 3.05) is 0 Å². The molecule has 7 heteroatoms. The number of aliphatic carboxylic acids is 1. The zero-order valence-corrected chi connectivity index (χ0v) is 9.80. The molecule has 1 aromatic heterocycles. The first kappa shape index (κ1) is 13.8. The number of hydrogen-bond acceptors (Lipinski definition) is 4. The normalized spacial score (nSPS) is 11.8. The number of rotatable bonds is 6. The van der Waals surface area contributed by atoms with Crippen molar-refractivity contribution in [2.45, 2.75) is 25.8 Å². The van der Waals surface area contributed by atoms with Crippen LogP contribution in [0, 0.1) is 6.92 Å². The van der Waals surface area contributed by atoms with Gasteiger partial charge in [-0.25, -0.2) is 4.79 Å². The molecular weight excluding hydrogens is 240 g/mol. The van der Waals surface area contributed by atoms with Gasteiger partial charge in [-0.1, -0.05) is 0 Å². The van der Waals surface area contributed by atoms with Crippen molar-refractivity contribution in [1.82, 2.24) is 5.32 Å². The number of carbonyl (C=O) groups excluding carboxylic acids is 2. The fourth-order valence-corrected chi connectivity index (χ4v) is 1.40. The molecule has 0 aromatic carbocycles. The van der Waals surface area contributed by atoms with Crippen molar-refractivity contribution < 1.29 is 23.9 Å². The molecule has 1 atom stereocenters. The quantitative estimate of drug-likeness (QED) is 0.661. The number of nitrogens with one attached hydrogen (secondary N) is 1. The lowest BCUT2D eigenvalue weighted by molar-refractivity contribution is -0.139. The molecular formula is C11H14N2O5. The van der Waals surface area contributed by atoms with E-state index in [1.165, 1.54) is 12.3 Å². The summed E-state index contributed by atoms with van der Waals surface area (Å²) in [6.07, 6.45) is 1.18. The second-order valence-corrected chi connectivity index (χ2v) is 3.76. The van der Waals surface area contributed by atoms with E-state index in [4.69, 9.17) is 15.3 Å². The Balaban J connectivity index is 2.67. The van der Waals surface area contributed by atoms with Crippen molar-refractivity contribution in [3.63, 3.8) is 0 Å². The van der Waals surface area contributed by atoms with Gasteiger partial charge in [0.05, 0.1) is 11.8 Å². The lowest BCUT2D eigenvalue weighted by Gasteiger charge is -2.13. The predicted molar refractivity (Wildman–Crippen MR) is 60.8 cm³/mol. The van der Waals surface area contributed by atoms with Gasteiger partial charge >= 0.3 is 5.97 Å². The zero-order chi connectivity index (χ0) is 13.7. The van der Waals surface area contributed by atoms with Crippen molar-refractivity contribution in [3.8, 4) is 0 Å². The van der Waals surface area contributed by atoms with E-state index in [1.807, 2.05) is 0 Å². The average Bonchev–Trinajstić information content (AvgIpc) is 2.69. The fraction of sp³-hybridized carbons (Fsp3) is 0.364. The molecule has 4 N–H and O–H groups in total. The van der Waals surface area contributed by atoms with Crippen molar-refractivity contribution >= 4 is 17.8 Å². The van der Waals surface area contributed by atoms with Crippen LogP contribution in [-0.4, -0.2) is 28.9 Å². The van der Waals surface area contributed by atoms with Crippen LogP contribution >= 0.6 is 0 Å². The van der Waals surface area contributed by atoms with Crippen molar-refractivity contribution in [2.24, 2.45) is 5.73 Å². The Morgan fingerprint density at radius 2 is 2.17 bits per heavy atom. The number of aryl methyl sites for hydroxylation is 1. The van der Waals surface area contributed by atoms with E-state index in [9.17, 15) is 14.4 Å². The van der Waals surface area contributed by atoms with Crippen LogP contribution in [0.1, 0.15) is 29.0 Å². The fourth-order valence-electron chi connectivity index (χ4n) is 1.40. The third-order valence-corrected chi connectivity index (χ3v) is 2.39. The summed E-state index contributed by atoms with van der Waals surface area (Å²) >= 11 is 0. The summed E-state index contributed by atoms with van der Waals surface area (Å²) in [7, 11) is 0. The number of carbonyl (C=O) groups is 3. The topological polar surface area (TPSA) is 123 Å². The zero-order valence-electron chi connectivity index (χ0n) is 9.80. The molecule has 1 rings (SSSR count). The molecule has 1 heterocycles. The van der Waals surface area contributed by atoms with E-state index in [1.54, 1.807) is 6.92 Å². The number of nitrogens with two attached hydrogens (primary N) is 1. The molecule has 7 nitrogen and oxygen atoms in total. The SMILES string of the molecule is Cc1occc1C(=O)NC(CCC(N)=O)C(=O)O. The Morgan fingerprint density at radius 1 is 1.50 bits per heavy atom. The van der Waals surface area contributed by atoms with E-state index in [0.29, 0.717) is 5.76 Å². The lowest BCUT2D eigenvalue weighted by Crippen LogP contribution is -2.41. The van der Waals surface area contributed by atoms with Crippen molar-refractivity contribution in [3.05, 3.63) is 23.7 Å². The summed E-state index contributed by atoms with van der Waals surface area (Å²) in [5.74, 6) is -2.00. The van der Waals surface area contributed by atoms with Gasteiger partial charge in [0.2, 0.25) is 5.91 Å². The maximum Gasteiger partial charge on any atom is 0.326 e. The summed E-state index contributed by atoms with van der Waals surface area (Å²) in [6, 6.07) is 0.289. The third-order valence-electron chi connectivity index (χ3n) is 2.39. The van der Waals surface area contributed by atoms with E-state index < -0.39 is 23.8 Å². The summed E-state index contributed by atoms with van der Waals surface area (Å²) < 4.78 is 4.94. The second kappa shape index (κ2) is 5.85. The van der Waals surface area contributed by atoms with Crippen LogP contribution in [0.2, 0.25) is 0 Å². The van der Waals surface area contributed by atoms with Crippen LogP contribution in [0.4, 0.5) is 0 Å². The standard InChI is InChI=1S/C11H14N2O5/c1-6-7(4-5-18-6)10(15)13-8(11(16)17)2-3-9(12)14/h4-5,8H,2-3H2,1H3,(H2,12,14)(H,13,15)(H,16,17). The summed E-state index contributed by atoms with van der Waals surface area (Å²) in [4.78, 5) is 33.2. The first-order valence-corrected chi connectivity index (χ1v) is 5.28. The molecule has 0 saturated carbocycles. The van der Waals surface area contributed by atoms with E-state index in [0.717, 1.165) is 0 Å². The Labute approximate surface area is 103 Å². The van der Waals surface area contributed by atoms with Gasteiger partial charge in [-0.3, -0.25) is 9.59 Å². The van der Waals surface area contributed by atoms with Gasteiger partial charge in [-0.15, -0.1) is 0 Å². The molecule has 1 aromatic rings. The highest BCUT2D eigenvalue weighted by molar-refractivity contribution is 5.97. The van der Waals surface area contributed by atoms with Gasteiger partial charge in [0.1, 0.15) is 11.8 Å². The largest absolute Gasteiger partial charge is 0.480 e. The van der Waals surface area contributed by atoms with Gasteiger partial charge in [0, 0.05) is 6.42 Å². The number of hydrogen-bond donors (Lipinski definition) is 3.